The van der Waals surface area contributed by atoms with Crippen molar-refractivity contribution in [3.05, 3.63) is 53.6 Å². The number of nitrogens with two attached hydrogens (primary N) is 1. The van der Waals surface area contributed by atoms with E-state index in [0.717, 1.165) is 5.56 Å². The lowest BCUT2D eigenvalue weighted by Crippen LogP contribution is -1.99. The molecule has 0 amide bonds. The fraction of sp³-hybridized carbons (Fsp3) is 0.133. The van der Waals surface area contributed by atoms with Crippen LogP contribution in [0.1, 0.15) is 11.1 Å². The molecule has 0 aliphatic rings. The summed E-state index contributed by atoms with van der Waals surface area (Å²) >= 11 is 0. The van der Waals surface area contributed by atoms with Crippen LogP contribution in [-0.2, 0) is 6.61 Å². The van der Waals surface area contributed by atoms with Gasteiger partial charge < -0.3 is 15.2 Å². The first kappa shape index (κ1) is 12.8. The summed E-state index contributed by atoms with van der Waals surface area (Å²) in [7, 11) is 1.54. The van der Waals surface area contributed by atoms with Gasteiger partial charge in [0.05, 0.1) is 18.4 Å². The first-order valence-electron chi connectivity index (χ1n) is 5.79. The molecule has 0 aliphatic carbocycles. The van der Waals surface area contributed by atoms with Crippen LogP contribution >= 0.6 is 0 Å². The number of benzene rings is 2. The fourth-order valence-corrected chi connectivity index (χ4v) is 1.71. The van der Waals surface area contributed by atoms with Gasteiger partial charge in [0.1, 0.15) is 24.2 Å². The van der Waals surface area contributed by atoms with E-state index in [4.69, 9.17) is 20.5 Å². The third kappa shape index (κ3) is 2.96. The van der Waals surface area contributed by atoms with Crippen molar-refractivity contribution in [1.82, 2.24) is 0 Å². The maximum absolute atomic E-state index is 9.01. The van der Waals surface area contributed by atoms with E-state index in [-0.39, 0.29) is 0 Å². The van der Waals surface area contributed by atoms with Gasteiger partial charge in [-0.15, -0.1) is 0 Å². The van der Waals surface area contributed by atoms with E-state index in [1.165, 1.54) is 7.11 Å². The quantitative estimate of drug-likeness (QED) is 0.852. The zero-order chi connectivity index (χ0) is 13.7. The van der Waals surface area contributed by atoms with Gasteiger partial charge in [-0.05, 0) is 29.8 Å². The maximum Gasteiger partial charge on any atom is 0.142 e. The van der Waals surface area contributed by atoms with E-state index in [1.807, 2.05) is 24.3 Å². The third-order valence-electron chi connectivity index (χ3n) is 2.70. The second-order valence-electron chi connectivity index (χ2n) is 3.97. The van der Waals surface area contributed by atoms with Crippen molar-refractivity contribution in [2.24, 2.45) is 0 Å². The Balaban J connectivity index is 2.13. The molecule has 0 fully saturated rings. The molecule has 19 heavy (non-hydrogen) atoms. The Labute approximate surface area is 112 Å². The summed E-state index contributed by atoms with van der Waals surface area (Å²) in [5, 5.41) is 9.01. The molecule has 0 atom stereocenters. The SMILES string of the molecule is COc1ccc(COc2ccccc2N)cc1C#N. The second kappa shape index (κ2) is 5.78. The molecule has 2 rings (SSSR count). The highest BCUT2D eigenvalue weighted by atomic mass is 16.5. The van der Waals surface area contributed by atoms with E-state index in [2.05, 4.69) is 6.07 Å². The van der Waals surface area contributed by atoms with Crippen molar-refractivity contribution in [2.45, 2.75) is 6.61 Å². The lowest BCUT2D eigenvalue weighted by Gasteiger charge is -2.09. The van der Waals surface area contributed by atoms with Crippen LogP contribution in [0.4, 0.5) is 5.69 Å². The number of ether oxygens (including phenoxy) is 2. The van der Waals surface area contributed by atoms with E-state index in [9.17, 15) is 0 Å². The second-order valence-corrected chi connectivity index (χ2v) is 3.97. The molecule has 2 N–H and O–H groups in total. The Hall–Kier alpha value is -2.67. The van der Waals surface area contributed by atoms with E-state index < -0.39 is 0 Å². The van der Waals surface area contributed by atoms with E-state index >= 15 is 0 Å². The highest BCUT2D eigenvalue weighted by Crippen LogP contribution is 2.23. The Bertz CT molecular complexity index is 618. The summed E-state index contributed by atoms with van der Waals surface area (Å²) in [6, 6.07) is 14.8. The summed E-state index contributed by atoms with van der Waals surface area (Å²) in [5.41, 5.74) is 7.76. The van der Waals surface area contributed by atoms with Gasteiger partial charge in [-0.25, -0.2) is 0 Å². The molecule has 0 radical (unpaired) electrons. The number of hydrogen-bond donors (Lipinski definition) is 1. The predicted octanol–water partition coefficient (Wildman–Crippen LogP) is 2.73. The number of rotatable bonds is 4. The Morgan fingerprint density at radius 2 is 1.95 bits per heavy atom. The van der Waals surface area contributed by atoms with Gasteiger partial charge in [0.2, 0.25) is 0 Å². The molecule has 0 saturated heterocycles. The van der Waals surface area contributed by atoms with Crippen LogP contribution in [0.25, 0.3) is 0 Å². The number of methoxy groups -OCH3 is 1. The Morgan fingerprint density at radius 1 is 1.16 bits per heavy atom. The third-order valence-corrected chi connectivity index (χ3v) is 2.70. The largest absolute Gasteiger partial charge is 0.495 e. The normalized spacial score (nSPS) is 9.68. The molecule has 4 heteroatoms. The zero-order valence-corrected chi connectivity index (χ0v) is 10.6. The van der Waals surface area contributed by atoms with Gasteiger partial charge >= 0.3 is 0 Å². The van der Waals surface area contributed by atoms with Crippen LogP contribution in [-0.4, -0.2) is 7.11 Å². The molecule has 0 aromatic heterocycles. The Morgan fingerprint density at radius 3 is 2.63 bits per heavy atom. The van der Waals surface area contributed by atoms with Gasteiger partial charge in [-0.3, -0.25) is 0 Å². The smallest absolute Gasteiger partial charge is 0.142 e. The molecule has 96 valence electrons. The molecular weight excluding hydrogens is 240 g/mol. The van der Waals surface area contributed by atoms with E-state index in [0.29, 0.717) is 29.4 Å². The van der Waals surface area contributed by atoms with Crippen LogP contribution in [0, 0.1) is 11.3 Å². The molecular formula is C15H14N2O2. The molecule has 0 bridgehead atoms. The lowest BCUT2D eigenvalue weighted by atomic mass is 10.1. The lowest BCUT2D eigenvalue weighted by molar-refractivity contribution is 0.307. The minimum Gasteiger partial charge on any atom is -0.495 e. The van der Waals surface area contributed by atoms with Crippen molar-refractivity contribution < 1.29 is 9.47 Å². The minimum absolute atomic E-state index is 0.354. The molecule has 4 nitrogen and oxygen atoms in total. The van der Waals surface area contributed by atoms with E-state index in [1.54, 1.807) is 18.2 Å². The van der Waals surface area contributed by atoms with Crippen molar-refractivity contribution >= 4 is 5.69 Å². The summed E-state index contributed by atoms with van der Waals surface area (Å²) < 4.78 is 10.7. The van der Waals surface area contributed by atoms with Crippen LogP contribution in [0.15, 0.2) is 42.5 Å². The highest BCUT2D eigenvalue weighted by Gasteiger charge is 2.05. The summed E-state index contributed by atoms with van der Waals surface area (Å²) in [4.78, 5) is 0. The van der Waals surface area contributed by atoms with Crippen LogP contribution in [0.3, 0.4) is 0 Å². The minimum atomic E-state index is 0.354. The van der Waals surface area contributed by atoms with Gasteiger partial charge in [0.15, 0.2) is 0 Å². The van der Waals surface area contributed by atoms with Crippen molar-refractivity contribution in [3.63, 3.8) is 0 Å². The van der Waals surface area contributed by atoms with Crippen molar-refractivity contribution in [1.29, 1.82) is 5.26 Å². The zero-order valence-electron chi connectivity index (χ0n) is 10.6. The summed E-state index contributed by atoms with van der Waals surface area (Å²) in [5.74, 6) is 1.20. The number of nitriles is 1. The highest BCUT2D eigenvalue weighted by molar-refractivity contribution is 5.52. The van der Waals surface area contributed by atoms with Gasteiger partial charge in [-0.2, -0.15) is 5.26 Å². The number of anilines is 1. The van der Waals surface area contributed by atoms with Crippen molar-refractivity contribution in [2.75, 3.05) is 12.8 Å². The number of hydrogen-bond acceptors (Lipinski definition) is 4. The predicted molar refractivity (Wildman–Crippen MR) is 72.9 cm³/mol. The fourth-order valence-electron chi connectivity index (χ4n) is 1.71. The van der Waals surface area contributed by atoms with Gasteiger partial charge in [0.25, 0.3) is 0 Å². The van der Waals surface area contributed by atoms with Gasteiger partial charge in [-0.1, -0.05) is 18.2 Å². The first-order chi connectivity index (χ1) is 9.24. The Kier molecular flexibility index (Phi) is 3.89. The van der Waals surface area contributed by atoms with Gasteiger partial charge in [0, 0.05) is 0 Å². The average Bonchev–Trinajstić information content (AvgIpc) is 2.46. The van der Waals surface area contributed by atoms with Crippen LogP contribution < -0.4 is 15.2 Å². The van der Waals surface area contributed by atoms with Crippen molar-refractivity contribution in [3.8, 4) is 17.6 Å². The monoisotopic (exact) mass is 254 g/mol. The first-order valence-corrected chi connectivity index (χ1v) is 5.79. The average molecular weight is 254 g/mol. The molecule has 0 spiro atoms. The molecule has 2 aromatic rings. The number of nitrogen functional groups attached to an aromatic ring is 1. The summed E-state index contributed by atoms with van der Waals surface area (Å²) in [6.07, 6.45) is 0. The topological polar surface area (TPSA) is 68.3 Å². The molecule has 0 saturated carbocycles. The molecule has 0 aliphatic heterocycles. The molecule has 2 aromatic carbocycles. The summed E-state index contributed by atoms with van der Waals surface area (Å²) in [6.45, 7) is 0.354. The number of nitrogens with zero attached hydrogens (tertiary/aromatic N) is 1. The molecule has 0 heterocycles. The van der Waals surface area contributed by atoms with Crippen LogP contribution in [0.5, 0.6) is 11.5 Å². The number of para-hydroxylation sites is 2. The maximum atomic E-state index is 9.01. The molecule has 0 unspecified atom stereocenters. The standard InChI is InChI=1S/C15H14N2O2/c1-18-14-7-6-11(8-12(14)9-16)10-19-15-5-3-2-4-13(15)17/h2-8H,10,17H2,1H3. The van der Waals surface area contributed by atoms with Crippen LogP contribution in [0.2, 0.25) is 0 Å².